The van der Waals surface area contributed by atoms with Gasteiger partial charge in [-0.2, -0.15) is 0 Å². The zero-order chi connectivity index (χ0) is 29.1. The fraction of sp³-hybridized carbons (Fsp3) is 0.296. The van der Waals surface area contributed by atoms with Gasteiger partial charge in [0, 0.05) is 43.9 Å². The summed E-state index contributed by atoms with van der Waals surface area (Å²) in [5.74, 6) is -2.21. The van der Waals surface area contributed by atoms with Gasteiger partial charge in [-0.05, 0) is 35.9 Å². The first-order valence-electron chi connectivity index (χ1n) is 12.6. The summed E-state index contributed by atoms with van der Waals surface area (Å²) in [6, 6.07) is 8.59. The number of carbonyl (C=O) groups excluding carboxylic acids is 2. The lowest BCUT2D eigenvalue weighted by Gasteiger charge is -2.31. The number of anilines is 2. The highest BCUT2D eigenvalue weighted by Crippen LogP contribution is 2.38. The Morgan fingerprint density at radius 2 is 1.88 bits per heavy atom. The first kappa shape index (κ1) is 28.2. The minimum Gasteiger partial charge on any atom is -0.482 e. The van der Waals surface area contributed by atoms with Gasteiger partial charge < -0.3 is 24.0 Å². The van der Waals surface area contributed by atoms with E-state index < -0.39 is 26.6 Å². The van der Waals surface area contributed by atoms with Crippen molar-refractivity contribution in [3.05, 3.63) is 60.3 Å². The number of carbonyl (C=O) groups is 2. The summed E-state index contributed by atoms with van der Waals surface area (Å²) in [5.41, 5.74) is 1.34. The predicted molar refractivity (Wildman–Crippen MR) is 143 cm³/mol. The number of sulfonamides is 1. The van der Waals surface area contributed by atoms with Gasteiger partial charge in [0.25, 0.3) is 15.9 Å². The summed E-state index contributed by atoms with van der Waals surface area (Å²) in [6.07, 6.45) is 1.56. The molecule has 0 unspecified atom stereocenters. The average molecular weight is 589 g/mol. The number of fused-ring (bicyclic) bond motifs is 1. The molecule has 11 nitrogen and oxygen atoms in total. The molecular formula is C27H26F2N4O7S. The van der Waals surface area contributed by atoms with E-state index in [2.05, 4.69) is 9.71 Å². The number of halogens is 2. The Balaban J connectivity index is 1.42. The fourth-order valence-corrected chi connectivity index (χ4v) is 5.65. The number of rotatable bonds is 8. The standard InChI is InChI=1S/C27H26F2N4O7S/c1-38-27-21(31-41(36,37)24-5-3-19(28)14-20(24)29)12-18(15-30-27)17-2-4-23-22(13-17)33(26(35)16-40-23)7-6-25(34)32-8-10-39-11-9-32/h2-5,12-15,31H,6-11,16H2,1H3. The third kappa shape index (κ3) is 6.07. The second-order valence-corrected chi connectivity index (χ2v) is 10.9. The van der Waals surface area contributed by atoms with Crippen molar-refractivity contribution in [2.24, 2.45) is 0 Å². The van der Waals surface area contributed by atoms with Crippen LogP contribution in [0.15, 0.2) is 53.6 Å². The second-order valence-electron chi connectivity index (χ2n) is 9.22. The van der Waals surface area contributed by atoms with Crippen LogP contribution in [0.2, 0.25) is 0 Å². The van der Waals surface area contributed by atoms with Crippen molar-refractivity contribution < 1.29 is 41.0 Å². The van der Waals surface area contributed by atoms with E-state index in [1.54, 1.807) is 23.1 Å². The first-order valence-corrected chi connectivity index (χ1v) is 14.1. The number of amides is 2. The molecule has 41 heavy (non-hydrogen) atoms. The molecule has 2 aliphatic heterocycles. The molecule has 0 spiro atoms. The number of methoxy groups -OCH3 is 1. The van der Waals surface area contributed by atoms with Gasteiger partial charge in [0.15, 0.2) is 6.61 Å². The van der Waals surface area contributed by atoms with Gasteiger partial charge in [-0.1, -0.05) is 6.07 Å². The van der Waals surface area contributed by atoms with Gasteiger partial charge in [0.2, 0.25) is 11.8 Å². The summed E-state index contributed by atoms with van der Waals surface area (Å²) >= 11 is 0. The average Bonchev–Trinajstić information content (AvgIpc) is 2.96. The van der Waals surface area contributed by atoms with Crippen molar-refractivity contribution >= 4 is 33.2 Å². The zero-order valence-electron chi connectivity index (χ0n) is 21.9. The van der Waals surface area contributed by atoms with E-state index in [0.717, 1.165) is 12.1 Å². The maximum absolute atomic E-state index is 14.2. The number of nitrogens with zero attached hydrogens (tertiary/aromatic N) is 3. The van der Waals surface area contributed by atoms with Crippen LogP contribution in [-0.4, -0.2) is 76.7 Å². The minimum absolute atomic E-state index is 0.0837. The Morgan fingerprint density at radius 1 is 1.10 bits per heavy atom. The first-order chi connectivity index (χ1) is 19.7. The molecule has 14 heteroatoms. The Bertz CT molecular complexity index is 1600. The molecule has 216 valence electrons. The number of hydrogen-bond donors (Lipinski definition) is 1. The van der Waals surface area contributed by atoms with Crippen molar-refractivity contribution in [1.29, 1.82) is 0 Å². The van der Waals surface area contributed by atoms with E-state index in [9.17, 15) is 26.8 Å². The highest BCUT2D eigenvalue weighted by Gasteiger charge is 2.28. The summed E-state index contributed by atoms with van der Waals surface area (Å²) < 4.78 is 71.7. The summed E-state index contributed by atoms with van der Waals surface area (Å²) in [4.78, 5) is 32.1. The molecule has 2 aromatic carbocycles. The van der Waals surface area contributed by atoms with Gasteiger partial charge in [0.1, 0.15) is 28.0 Å². The molecule has 0 bridgehead atoms. The van der Waals surface area contributed by atoms with Crippen LogP contribution in [0.1, 0.15) is 6.42 Å². The molecule has 0 radical (unpaired) electrons. The summed E-state index contributed by atoms with van der Waals surface area (Å²) in [7, 11) is -3.19. The molecule has 0 atom stereocenters. The smallest absolute Gasteiger partial charge is 0.265 e. The monoisotopic (exact) mass is 588 g/mol. The molecule has 1 N–H and O–H groups in total. The molecular weight excluding hydrogens is 562 g/mol. The lowest BCUT2D eigenvalue weighted by molar-refractivity contribution is -0.135. The maximum Gasteiger partial charge on any atom is 0.265 e. The van der Waals surface area contributed by atoms with Crippen molar-refractivity contribution in [2.75, 3.05) is 56.2 Å². The number of morpholine rings is 1. The van der Waals surface area contributed by atoms with Crippen molar-refractivity contribution in [2.45, 2.75) is 11.3 Å². The van der Waals surface area contributed by atoms with E-state index in [4.69, 9.17) is 14.2 Å². The van der Waals surface area contributed by atoms with Crippen LogP contribution in [0.3, 0.4) is 0 Å². The third-order valence-corrected chi connectivity index (χ3v) is 8.02. The topological polar surface area (TPSA) is 127 Å². The van der Waals surface area contributed by atoms with Crippen LogP contribution in [0.25, 0.3) is 11.1 Å². The van der Waals surface area contributed by atoms with Crippen molar-refractivity contribution in [1.82, 2.24) is 9.88 Å². The third-order valence-electron chi connectivity index (χ3n) is 6.62. The largest absolute Gasteiger partial charge is 0.482 e. The van der Waals surface area contributed by atoms with Gasteiger partial charge in [-0.3, -0.25) is 14.3 Å². The Kier molecular flexibility index (Phi) is 8.03. The lowest BCUT2D eigenvalue weighted by Crippen LogP contribution is -2.44. The number of nitrogens with one attached hydrogen (secondary N) is 1. The highest BCUT2D eigenvalue weighted by atomic mass is 32.2. The predicted octanol–water partition coefficient (Wildman–Crippen LogP) is 2.81. The van der Waals surface area contributed by atoms with Gasteiger partial charge in [-0.15, -0.1) is 0 Å². The number of pyridine rings is 1. The fourth-order valence-electron chi connectivity index (χ4n) is 4.54. The number of ether oxygens (including phenoxy) is 3. The quantitative estimate of drug-likeness (QED) is 0.426. The molecule has 3 aromatic rings. The lowest BCUT2D eigenvalue weighted by atomic mass is 10.0. The van der Waals surface area contributed by atoms with Gasteiger partial charge in [-0.25, -0.2) is 22.2 Å². The number of hydrogen-bond acceptors (Lipinski definition) is 8. The number of benzene rings is 2. The maximum atomic E-state index is 14.2. The minimum atomic E-state index is -4.48. The summed E-state index contributed by atoms with van der Waals surface area (Å²) in [6.45, 7) is 1.92. The molecule has 1 saturated heterocycles. The van der Waals surface area contributed by atoms with E-state index in [0.29, 0.717) is 54.9 Å². The Labute approximate surface area is 234 Å². The van der Waals surface area contributed by atoms with E-state index >= 15 is 0 Å². The molecule has 2 amide bonds. The molecule has 5 rings (SSSR count). The van der Waals surface area contributed by atoms with Crippen molar-refractivity contribution in [3.8, 4) is 22.8 Å². The van der Waals surface area contributed by atoms with E-state index in [1.165, 1.54) is 24.3 Å². The molecule has 1 fully saturated rings. The van der Waals surface area contributed by atoms with E-state index in [-0.39, 0.29) is 43.0 Å². The normalized spacial score (nSPS) is 15.2. The molecule has 0 aliphatic carbocycles. The molecule has 3 heterocycles. The van der Waals surface area contributed by atoms with Gasteiger partial charge >= 0.3 is 0 Å². The van der Waals surface area contributed by atoms with Gasteiger partial charge in [0.05, 0.1) is 26.0 Å². The summed E-state index contributed by atoms with van der Waals surface area (Å²) in [5, 5.41) is 0. The van der Waals surface area contributed by atoms with Crippen LogP contribution in [0.4, 0.5) is 20.2 Å². The Morgan fingerprint density at radius 3 is 2.61 bits per heavy atom. The van der Waals surface area contributed by atoms with Crippen LogP contribution in [0, 0.1) is 11.6 Å². The van der Waals surface area contributed by atoms with Crippen LogP contribution >= 0.6 is 0 Å². The molecule has 0 saturated carbocycles. The van der Waals surface area contributed by atoms with Crippen LogP contribution in [-0.2, 0) is 24.3 Å². The Hall–Kier alpha value is -4.30. The SMILES string of the molecule is COc1ncc(-c2ccc3c(c2)N(CCC(=O)N2CCOCC2)C(=O)CO3)cc1NS(=O)(=O)c1ccc(F)cc1F. The highest BCUT2D eigenvalue weighted by molar-refractivity contribution is 7.92. The van der Waals surface area contributed by atoms with Crippen molar-refractivity contribution in [3.63, 3.8) is 0 Å². The molecule has 2 aliphatic rings. The zero-order valence-corrected chi connectivity index (χ0v) is 22.7. The number of aromatic nitrogens is 1. The van der Waals surface area contributed by atoms with Crippen LogP contribution < -0.4 is 19.1 Å². The molecule has 1 aromatic heterocycles. The van der Waals surface area contributed by atoms with E-state index in [1.807, 2.05) is 0 Å². The second kappa shape index (κ2) is 11.7. The van der Waals surface area contributed by atoms with Crippen LogP contribution in [0.5, 0.6) is 11.6 Å².